The van der Waals surface area contributed by atoms with Crippen LogP contribution >= 0.6 is 23.2 Å². The number of hydrogen-bond acceptors (Lipinski definition) is 9. The number of rotatable bonds is 9. The maximum Gasteiger partial charge on any atom is 0.162 e. The van der Waals surface area contributed by atoms with Crippen LogP contribution < -0.4 is 19.7 Å². The molecule has 1 atom stereocenters. The van der Waals surface area contributed by atoms with Crippen molar-refractivity contribution in [2.75, 3.05) is 31.6 Å². The Hall–Kier alpha value is -3.62. The van der Waals surface area contributed by atoms with Crippen LogP contribution in [0.1, 0.15) is 44.9 Å². The zero-order valence-electron chi connectivity index (χ0n) is 23.4. The first-order chi connectivity index (χ1) is 19.4. The van der Waals surface area contributed by atoms with Crippen molar-refractivity contribution >= 4 is 39.9 Å². The molecule has 1 aliphatic heterocycles. The molecule has 1 fully saturated rings. The first-order valence-corrected chi connectivity index (χ1v) is 13.8. The Morgan fingerprint density at radius 2 is 1.90 bits per heavy atom. The molecule has 12 heteroatoms. The largest absolute Gasteiger partial charge is 0.493 e. The van der Waals surface area contributed by atoms with Gasteiger partial charge in [-0.15, -0.1) is 0 Å². The van der Waals surface area contributed by atoms with E-state index in [1.54, 1.807) is 39.3 Å². The van der Waals surface area contributed by atoms with Gasteiger partial charge in [-0.2, -0.15) is 10.4 Å². The van der Waals surface area contributed by atoms with Gasteiger partial charge >= 0.3 is 0 Å². The Morgan fingerprint density at radius 1 is 1.20 bits per heavy atom. The number of fused-ring (bicyclic) bond motifs is 1. The Balaban J connectivity index is 1.43. The van der Waals surface area contributed by atoms with Crippen LogP contribution in [0.15, 0.2) is 36.8 Å². The van der Waals surface area contributed by atoms with Crippen molar-refractivity contribution in [1.82, 2.24) is 25.5 Å². The number of aromatic nitrogens is 4. The second kappa shape index (κ2) is 11.0. The van der Waals surface area contributed by atoms with Crippen LogP contribution in [-0.4, -0.2) is 63.2 Å². The van der Waals surface area contributed by atoms with Gasteiger partial charge in [0.25, 0.3) is 0 Å². The summed E-state index contributed by atoms with van der Waals surface area (Å²) in [4.78, 5) is 10.7. The van der Waals surface area contributed by atoms with E-state index in [2.05, 4.69) is 43.4 Å². The van der Waals surface area contributed by atoms with E-state index in [1.807, 2.05) is 13.0 Å². The van der Waals surface area contributed by atoms with Gasteiger partial charge in [0.1, 0.15) is 23.7 Å². The molecule has 4 aromatic rings. The lowest BCUT2D eigenvalue weighted by Gasteiger charge is -2.50. The van der Waals surface area contributed by atoms with Gasteiger partial charge in [-0.25, -0.2) is 4.98 Å². The van der Waals surface area contributed by atoms with E-state index >= 15 is 0 Å². The topological polar surface area (TPSA) is 132 Å². The summed E-state index contributed by atoms with van der Waals surface area (Å²) in [7, 11) is 1.56. The molecule has 1 aliphatic rings. The first-order valence-electron chi connectivity index (χ1n) is 13.1. The number of hydrogen-bond donors (Lipinski definition) is 3. The predicted molar refractivity (Wildman–Crippen MR) is 159 cm³/mol. The second-order valence-corrected chi connectivity index (χ2v) is 12.0. The molecule has 0 spiro atoms. The van der Waals surface area contributed by atoms with Crippen LogP contribution in [0.4, 0.5) is 5.82 Å². The van der Waals surface area contributed by atoms with Crippen LogP contribution in [0.2, 0.25) is 10.0 Å². The van der Waals surface area contributed by atoms with Gasteiger partial charge in [0.05, 0.1) is 39.4 Å². The zero-order valence-corrected chi connectivity index (χ0v) is 24.9. The normalized spacial score (nSPS) is 15.3. The summed E-state index contributed by atoms with van der Waals surface area (Å²) >= 11 is 12.7. The van der Waals surface area contributed by atoms with Crippen LogP contribution in [-0.2, 0) is 0 Å². The second-order valence-electron chi connectivity index (χ2n) is 11.2. The molecule has 5 rings (SSSR count). The summed E-state index contributed by atoms with van der Waals surface area (Å²) in [5.74, 6) is 1.60. The van der Waals surface area contributed by atoms with Crippen molar-refractivity contribution in [3.05, 3.63) is 58.0 Å². The summed E-state index contributed by atoms with van der Waals surface area (Å²) in [5.41, 5.74) is 2.12. The zero-order chi connectivity index (χ0) is 29.5. The lowest BCUT2D eigenvalue weighted by atomic mass is 9.90. The number of nitriles is 1. The molecule has 1 aromatic carbocycles. The van der Waals surface area contributed by atoms with Gasteiger partial charge in [-0.05, 0) is 39.8 Å². The highest BCUT2D eigenvalue weighted by atomic mass is 35.5. The van der Waals surface area contributed by atoms with E-state index in [-0.39, 0.29) is 5.54 Å². The van der Waals surface area contributed by atoms with Gasteiger partial charge in [0, 0.05) is 60.8 Å². The standard InChI is InChI=1S/C29H31Cl2N7O3/c1-16(25-20(30)11-33-12-21(25)31)41-24-7-19-22(8-23(24)40-5)36-37-26(19)18-6-17(9-32)27(34-10-18)38-14-29(4,15-38)35-13-28(2,3)39/h6-8,10-12,16,35,39H,13-15H2,1-5H3,(H,36,37)/t16-/m1/s1. The summed E-state index contributed by atoms with van der Waals surface area (Å²) < 4.78 is 11.9. The first kappa shape index (κ1) is 28.9. The van der Waals surface area contributed by atoms with Crippen LogP contribution in [0, 0.1) is 11.3 Å². The van der Waals surface area contributed by atoms with E-state index in [0.29, 0.717) is 69.4 Å². The maximum atomic E-state index is 10.1. The molecular formula is C29H31Cl2N7O3. The van der Waals surface area contributed by atoms with Crippen molar-refractivity contribution in [2.45, 2.75) is 44.9 Å². The minimum atomic E-state index is -0.806. The fraction of sp³-hybridized carbons (Fsp3) is 0.379. The Morgan fingerprint density at radius 3 is 2.54 bits per heavy atom. The minimum Gasteiger partial charge on any atom is -0.493 e. The van der Waals surface area contributed by atoms with Crippen molar-refractivity contribution in [1.29, 1.82) is 5.26 Å². The fourth-order valence-electron chi connectivity index (χ4n) is 4.96. The Labute approximate surface area is 248 Å². The Kier molecular flexibility index (Phi) is 7.74. The lowest BCUT2D eigenvalue weighted by molar-refractivity contribution is 0.0664. The molecule has 214 valence electrons. The molecule has 0 bridgehead atoms. The molecule has 3 aromatic heterocycles. The number of halogens is 2. The molecule has 10 nitrogen and oxygen atoms in total. The summed E-state index contributed by atoms with van der Waals surface area (Å²) in [6.07, 6.45) is 4.27. The number of methoxy groups -OCH3 is 1. The molecule has 41 heavy (non-hydrogen) atoms. The van der Waals surface area contributed by atoms with Gasteiger partial charge < -0.3 is 24.8 Å². The number of benzene rings is 1. The van der Waals surface area contributed by atoms with Gasteiger partial charge in [0.2, 0.25) is 0 Å². The average molecular weight is 597 g/mol. The fourth-order valence-corrected chi connectivity index (χ4v) is 5.64. The number of anilines is 1. The number of nitrogens with zero attached hydrogens (tertiary/aromatic N) is 5. The van der Waals surface area contributed by atoms with Crippen molar-refractivity contribution < 1.29 is 14.6 Å². The lowest BCUT2D eigenvalue weighted by Crippen LogP contribution is -2.69. The highest BCUT2D eigenvalue weighted by Crippen LogP contribution is 2.40. The summed E-state index contributed by atoms with van der Waals surface area (Å²) in [6, 6.07) is 7.72. The molecule has 4 heterocycles. The average Bonchev–Trinajstić information content (AvgIpc) is 3.31. The number of H-pyrrole nitrogens is 1. The molecular weight excluding hydrogens is 565 g/mol. The van der Waals surface area contributed by atoms with Crippen molar-refractivity contribution in [3.63, 3.8) is 0 Å². The molecule has 0 saturated carbocycles. The van der Waals surface area contributed by atoms with E-state index < -0.39 is 11.7 Å². The van der Waals surface area contributed by atoms with E-state index in [9.17, 15) is 10.4 Å². The highest BCUT2D eigenvalue weighted by Gasteiger charge is 2.40. The number of nitrogens with one attached hydrogen (secondary N) is 2. The molecule has 1 saturated heterocycles. The van der Waals surface area contributed by atoms with E-state index in [4.69, 9.17) is 32.7 Å². The van der Waals surface area contributed by atoms with E-state index in [1.165, 1.54) is 12.4 Å². The van der Waals surface area contributed by atoms with Crippen LogP contribution in [0.5, 0.6) is 11.5 Å². The van der Waals surface area contributed by atoms with E-state index in [0.717, 1.165) is 10.9 Å². The number of aromatic amines is 1. The SMILES string of the molecule is COc1cc2[nH]nc(-c3cnc(N4CC(C)(NCC(C)(C)O)C4)c(C#N)c3)c2cc1O[C@H](C)c1c(Cl)cncc1Cl. The third-order valence-electron chi connectivity index (χ3n) is 7.04. The third-order valence-corrected chi connectivity index (χ3v) is 7.64. The molecule has 3 N–H and O–H groups in total. The maximum absolute atomic E-state index is 10.1. The smallest absolute Gasteiger partial charge is 0.162 e. The summed E-state index contributed by atoms with van der Waals surface area (Å²) in [6.45, 7) is 9.28. The van der Waals surface area contributed by atoms with Crippen LogP contribution in [0.3, 0.4) is 0 Å². The molecule has 0 amide bonds. The predicted octanol–water partition coefficient (Wildman–Crippen LogP) is 5.29. The number of pyridine rings is 2. The number of β-amino-alcohol motifs (C(OH)–C–C–N with tert-alkyl or cyclic N) is 1. The highest BCUT2D eigenvalue weighted by molar-refractivity contribution is 6.35. The molecule has 0 aliphatic carbocycles. The van der Waals surface area contributed by atoms with Gasteiger partial charge in [-0.3, -0.25) is 10.1 Å². The number of ether oxygens (including phenoxy) is 2. The minimum absolute atomic E-state index is 0.178. The van der Waals surface area contributed by atoms with Gasteiger partial charge in [0.15, 0.2) is 11.5 Å². The Bertz CT molecular complexity index is 1620. The molecule has 0 radical (unpaired) electrons. The van der Waals surface area contributed by atoms with Crippen molar-refractivity contribution in [2.24, 2.45) is 0 Å². The summed E-state index contributed by atoms with van der Waals surface area (Å²) in [5, 5.41) is 32.6. The monoisotopic (exact) mass is 595 g/mol. The van der Waals surface area contributed by atoms with Crippen LogP contribution in [0.25, 0.3) is 22.2 Å². The quantitative estimate of drug-likeness (QED) is 0.236. The van der Waals surface area contributed by atoms with Gasteiger partial charge in [-0.1, -0.05) is 23.2 Å². The number of aliphatic hydroxyl groups is 1. The van der Waals surface area contributed by atoms with Crippen molar-refractivity contribution in [3.8, 4) is 28.8 Å². The molecule has 0 unspecified atom stereocenters. The third kappa shape index (κ3) is 5.90.